The summed E-state index contributed by atoms with van der Waals surface area (Å²) in [5, 5.41) is 3.11. The number of sulfonamides is 2. The van der Waals surface area contributed by atoms with Crippen LogP contribution in [-0.2, 0) is 20.0 Å². The maximum absolute atomic E-state index is 12.8. The topological polar surface area (TPSA) is 86.8 Å². The Kier molecular flexibility index (Phi) is 7.41. The van der Waals surface area contributed by atoms with E-state index < -0.39 is 20.0 Å². The second kappa shape index (κ2) is 8.92. The molecule has 25 heavy (non-hydrogen) atoms. The van der Waals surface area contributed by atoms with Crippen LogP contribution < -0.4 is 5.32 Å². The van der Waals surface area contributed by atoms with Gasteiger partial charge in [-0.1, -0.05) is 22.9 Å². The Labute approximate surface area is 158 Å². The molecule has 0 unspecified atom stereocenters. The van der Waals surface area contributed by atoms with E-state index in [1.165, 1.54) is 20.7 Å². The highest BCUT2D eigenvalue weighted by Gasteiger charge is 2.28. The molecule has 0 aliphatic carbocycles. The molecule has 142 valence electrons. The van der Waals surface area contributed by atoms with Crippen LogP contribution in [0.3, 0.4) is 0 Å². The average Bonchev–Trinajstić information content (AvgIpc) is 2.59. The zero-order valence-corrected chi connectivity index (χ0v) is 17.4. The molecule has 0 bridgehead atoms. The fraction of sp³-hybridized carbons (Fsp3) is 0.600. The number of piperazine rings is 1. The lowest BCUT2D eigenvalue weighted by molar-refractivity contribution is 0.356. The first-order valence-corrected chi connectivity index (χ1v) is 12.1. The predicted molar refractivity (Wildman–Crippen MR) is 101 cm³/mol. The Morgan fingerprint density at radius 2 is 1.68 bits per heavy atom. The lowest BCUT2D eigenvalue weighted by Gasteiger charge is -2.28. The smallest absolute Gasteiger partial charge is 0.243 e. The standard InChI is InChI=1S/C15H24BrN3O4S2/c1-2-9-19(25(22,23)15-5-3-14(16)4-6-15)12-13-24(20,21)18-10-7-17-8-11-18/h3-6,17H,2,7-13H2,1H3. The number of hydrogen-bond acceptors (Lipinski definition) is 5. The number of hydrogen-bond donors (Lipinski definition) is 1. The van der Waals surface area contributed by atoms with E-state index in [-0.39, 0.29) is 23.7 Å². The number of nitrogens with zero attached hydrogens (tertiary/aromatic N) is 2. The highest BCUT2D eigenvalue weighted by molar-refractivity contribution is 9.10. The normalized spacial score (nSPS) is 17.1. The number of rotatable bonds is 8. The van der Waals surface area contributed by atoms with Crippen LogP contribution in [0.15, 0.2) is 33.6 Å². The monoisotopic (exact) mass is 453 g/mol. The summed E-state index contributed by atoms with van der Waals surface area (Å²) in [6.07, 6.45) is 0.615. The second-order valence-electron chi connectivity index (χ2n) is 5.82. The summed E-state index contributed by atoms with van der Waals surface area (Å²) in [5.41, 5.74) is 0. The van der Waals surface area contributed by atoms with Crippen LogP contribution in [0.25, 0.3) is 0 Å². The van der Waals surface area contributed by atoms with Crippen molar-refractivity contribution in [3.63, 3.8) is 0 Å². The van der Waals surface area contributed by atoms with E-state index in [4.69, 9.17) is 0 Å². The van der Waals surface area contributed by atoms with Crippen molar-refractivity contribution in [1.82, 2.24) is 13.9 Å². The van der Waals surface area contributed by atoms with E-state index in [9.17, 15) is 16.8 Å². The molecule has 0 amide bonds. The van der Waals surface area contributed by atoms with Gasteiger partial charge in [0.25, 0.3) is 0 Å². The molecule has 1 saturated heterocycles. The van der Waals surface area contributed by atoms with Crippen molar-refractivity contribution >= 4 is 36.0 Å². The van der Waals surface area contributed by atoms with Gasteiger partial charge in [0, 0.05) is 43.7 Å². The van der Waals surface area contributed by atoms with Crippen molar-refractivity contribution in [2.75, 3.05) is 45.0 Å². The van der Waals surface area contributed by atoms with Gasteiger partial charge in [0.2, 0.25) is 20.0 Å². The van der Waals surface area contributed by atoms with Gasteiger partial charge in [-0.15, -0.1) is 0 Å². The van der Waals surface area contributed by atoms with Crippen LogP contribution in [0, 0.1) is 0 Å². The number of benzene rings is 1. The molecule has 0 aromatic heterocycles. The van der Waals surface area contributed by atoms with Crippen molar-refractivity contribution in [2.24, 2.45) is 0 Å². The summed E-state index contributed by atoms with van der Waals surface area (Å²) in [6, 6.07) is 6.36. The maximum atomic E-state index is 12.8. The molecular weight excluding hydrogens is 430 g/mol. The minimum atomic E-state index is -3.72. The molecular formula is C15H24BrN3O4S2. The largest absolute Gasteiger partial charge is 0.314 e. The van der Waals surface area contributed by atoms with E-state index in [0.717, 1.165) is 4.47 Å². The molecule has 10 heteroatoms. The molecule has 0 atom stereocenters. The molecule has 1 fully saturated rings. The summed E-state index contributed by atoms with van der Waals surface area (Å²) < 4.78 is 54.1. The Morgan fingerprint density at radius 3 is 2.24 bits per heavy atom. The molecule has 1 aliphatic heterocycles. The van der Waals surface area contributed by atoms with Crippen molar-refractivity contribution < 1.29 is 16.8 Å². The summed E-state index contributed by atoms with van der Waals surface area (Å²) in [7, 11) is -7.18. The number of nitrogens with one attached hydrogen (secondary N) is 1. The SMILES string of the molecule is CCCN(CCS(=O)(=O)N1CCNCC1)S(=O)(=O)c1ccc(Br)cc1. The van der Waals surface area contributed by atoms with Crippen LogP contribution in [0.1, 0.15) is 13.3 Å². The number of halogens is 1. The minimum Gasteiger partial charge on any atom is -0.314 e. The predicted octanol–water partition coefficient (Wildman–Crippen LogP) is 1.08. The third-order valence-corrected chi connectivity index (χ3v) is 8.28. The molecule has 1 N–H and O–H groups in total. The van der Waals surface area contributed by atoms with Crippen molar-refractivity contribution in [3.8, 4) is 0 Å². The minimum absolute atomic E-state index is 0.0432. The summed E-state index contributed by atoms with van der Waals surface area (Å²) in [6.45, 7) is 4.21. The van der Waals surface area contributed by atoms with Gasteiger partial charge < -0.3 is 5.32 Å². The van der Waals surface area contributed by atoms with E-state index >= 15 is 0 Å². The molecule has 1 aromatic carbocycles. The van der Waals surface area contributed by atoms with Gasteiger partial charge in [0.1, 0.15) is 0 Å². The first-order valence-electron chi connectivity index (χ1n) is 8.21. The molecule has 1 aliphatic rings. The van der Waals surface area contributed by atoms with Gasteiger partial charge in [0.05, 0.1) is 10.6 Å². The fourth-order valence-electron chi connectivity index (χ4n) is 2.63. The van der Waals surface area contributed by atoms with Gasteiger partial charge in [-0.3, -0.25) is 0 Å². The van der Waals surface area contributed by atoms with E-state index in [0.29, 0.717) is 32.6 Å². The Hall–Kier alpha value is -0.520. The van der Waals surface area contributed by atoms with Crippen molar-refractivity contribution in [2.45, 2.75) is 18.2 Å². The summed E-state index contributed by atoms with van der Waals surface area (Å²) in [5.74, 6) is -0.206. The van der Waals surface area contributed by atoms with E-state index in [2.05, 4.69) is 21.2 Å². The van der Waals surface area contributed by atoms with Gasteiger partial charge in [-0.25, -0.2) is 16.8 Å². The van der Waals surface area contributed by atoms with Crippen LogP contribution in [0.4, 0.5) is 0 Å². The summed E-state index contributed by atoms with van der Waals surface area (Å²) >= 11 is 3.28. The molecule has 0 saturated carbocycles. The fourth-order valence-corrected chi connectivity index (χ4v) is 5.99. The Bertz CT molecular complexity index is 760. The molecule has 0 radical (unpaired) electrons. The van der Waals surface area contributed by atoms with E-state index in [1.807, 2.05) is 6.92 Å². The van der Waals surface area contributed by atoms with Gasteiger partial charge in [0.15, 0.2) is 0 Å². The lowest BCUT2D eigenvalue weighted by atomic mass is 10.4. The summed E-state index contributed by atoms with van der Waals surface area (Å²) in [4.78, 5) is 0.170. The average molecular weight is 454 g/mol. The third-order valence-electron chi connectivity index (χ3n) is 3.99. The zero-order valence-electron chi connectivity index (χ0n) is 14.2. The molecule has 1 heterocycles. The van der Waals surface area contributed by atoms with Crippen molar-refractivity contribution in [1.29, 1.82) is 0 Å². The highest BCUT2D eigenvalue weighted by Crippen LogP contribution is 2.19. The third kappa shape index (κ3) is 5.48. The lowest BCUT2D eigenvalue weighted by Crippen LogP contribution is -2.48. The van der Waals surface area contributed by atoms with Gasteiger partial charge in [-0.05, 0) is 30.7 Å². The molecule has 1 aromatic rings. The molecule has 7 nitrogen and oxygen atoms in total. The Balaban J connectivity index is 2.13. The Morgan fingerprint density at radius 1 is 1.08 bits per heavy atom. The maximum Gasteiger partial charge on any atom is 0.243 e. The molecule has 0 spiro atoms. The van der Waals surface area contributed by atoms with Crippen molar-refractivity contribution in [3.05, 3.63) is 28.7 Å². The van der Waals surface area contributed by atoms with Crippen LogP contribution >= 0.6 is 15.9 Å². The first-order chi connectivity index (χ1) is 11.8. The van der Waals surface area contributed by atoms with Gasteiger partial charge >= 0.3 is 0 Å². The second-order valence-corrected chi connectivity index (χ2v) is 10.8. The first kappa shape index (κ1) is 20.8. The van der Waals surface area contributed by atoms with Crippen LogP contribution in [-0.4, -0.2) is 70.5 Å². The quantitative estimate of drug-likeness (QED) is 0.636. The van der Waals surface area contributed by atoms with E-state index in [1.54, 1.807) is 12.1 Å². The van der Waals surface area contributed by atoms with Crippen LogP contribution in [0.5, 0.6) is 0 Å². The van der Waals surface area contributed by atoms with Gasteiger partial charge in [-0.2, -0.15) is 8.61 Å². The molecule has 2 rings (SSSR count). The van der Waals surface area contributed by atoms with Crippen LogP contribution in [0.2, 0.25) is 0 Å². The zero-order chi connectivity index (χ0) is 18.5. The highest BCUT2D eigenvalue weighted by atomic mass is 79.9.